The number of nitrogens with two attached hydrogens (primary N) is 1. The third-order valence-corrected chi connectivity index (χ3v) is 8.86. The van der Waals surface area contributed by atoms with E-state index in [1.807, 2.05) is 24.4 Å². The molecule has 1 aromatic heterocycles. The van der Waals surface area contributed by atoms with Gasteiger partial charge in [0.1, 0.15) is 6.29 Å². The quantitative estimate of drug-likeness (QED) is 0.289. The molecular weight excluding hydrogens is 488 g/mol. The van der Waals surface area contributed by atoms with Crippen molar-refractivity contribution in [3.63, 3.8) is 0 Å². The van der Waals surface area contributed by atoms with Crippen LogP contribution in [0.1, 0.15) is 50.5 Å². The monoisotopic (exact) mass is 526 g/mol. The zero-order valence-corrected chi connectivity index (χ0v) is 22.6. The van der Waals surface area contributed by atoms with Crippen LogP contribution in [0.2, 0.25) is 0 Å². The maximum absolute atomic E-state index is 12.0. The number of anilines is 1. The molecule has 0 bridgehead atoms. The molecule has 2 aliphatic carbocycles. The normalized spacial score (nSPS) is 20.9. The molecule has 39 heavy (non-hydrogen) atoms. The van der Waals surface area contributed by atoms with E-state index in [1.54, 1.807) is 7.05 Å². The number of hydrogen-bond acceptors (Lipinski definition) is 5. The van der Waals surface area contributed by atoms with Crippen LogP contribution in [-0.4, -0.2) is 47.0 Å². The first-order valence-corrected chi connectivity index (χ1v) is 14.0. The van der Waals surface area contributed by atoms with Gasteiger partial charge in [-0.1, -0.05) is 54.6 Å². The number of carbonyl (C=O) groups excluding carboxylic acids is 1. The van der Waals surface area contributed by atoms with Gasteiger partial charge >= 0.3 is 6.09 Å². The summed E-state index contributed by atoms with van der Waals surface area (Å²) in [6, 6.07) is 20.9. The van der Waals surface area contributed by atoms with E-state index in [4.69, 9.17) is 10.7 Å². The molecule has 2 aliphatic rings. The van der Waals surface area contributed by atoms with Crippen LogP contribution in [0.4, 0.5) is 10.5 Å². The number of rotatable bonds is 9. The van der Waals surface area contributed by atoms with Gasteiger partial charge < -0.3 is 25.9 Å². The zero-order chi connectivity index (χ0) is 27.4. The zero-order valence-electron chi connectivity index (χ0n) is 22.6. The minimum absolute atomic E-state index is 0.0300. The third kappa shape index (κ3) is 5.83. The molecule has 2 saturated carbocycles. The number of aldehydes is 1. The van der Waals surface area contributed by atoms with E-state index in [1.165, 1.54) is 16.9 Å². The van der Waals surface area contributed by atoms with E-state index in [0.717, 1.165) is 72.9 Å². The molecule has 0 saturated heterocycles. The van der Waals surface area contributed by atoms with Crippen LogP contribution in [0.3, 0.4) is 0 Å². The number of carboxylic acid groups (broad SMARTS) is 1. The lowest BCUT2D eigenvalue weighted by molar-refractivity contribution is -0.112. The van der Waals surface area contributed by atoms with Gasteiger partial charge in [-0.2, -0.15) is 0 Å². The number of carbonyl (C=O) groups is 2. The van der Waals surface area contributed by atoms with Crippen molar-refractivity contribution < 1.29 is 14.7 Å². The number of nitrogens with zero attached hydrogens (tertiary/aromatic N) is 2. The summed E-state index contributed by atoms with van der Waals surface area (Å²) >= 11 is 0. The summed E-state index contributed by atoms with van der Waals surface area (Å²) in [6.07, 6.45) is 8.51. The van der Waals surface area contributed by atoms with Gasteiger partial charge in [0.15, 0.2) is 0 Å². The highest BCUT2D eigenvalue weighted by atomic mass is 16.4. The van der Waals surface area contributed by atoms with Gasteiger partial charge in [0.2, 0.25) is 0 Å². The van der Waals surface area contributed by atoms with Crippen molar-refractivity contribution >= 4 is 18.1 Å². The van der Waals surface area contributed by atoms with E-state index >= 15 is 0 Å². The fraction of sp³-hybridized carbons (Fsp3) is 0.406. The van der Waals surface area contributed by atoms with Crippen LogP contribution in [0.5, 0.6) is 0 Å². The summed E-state index contributed by atoms with van der Waals surface area (Å²) < 4.78 is 0. The molecular formula is C32H38N4O3. The molecule has 0 radical (unpaired) electrons. The number of pyridine rings is 1. The molecule has 7 nitrogen and oxygen atoms in total. The van der Waals surface area contributed by atoms with Crippen LogP contribution in [0.15, 0.2) is 66.9 Å². The number of nitrogens with one attached hydrogen (secondary N) is 1. The fourth-order valence-electron chi connectivity index (χ4n) is 6.07. The van der Waals surface area contributed by atoms with Crippen molar-refractivity contribution in [3.05, 3.63) is 72.4 Å². The summed E-state index contributed by atoms with van der Waals surface area (Å²) in [6.45, 7) is 0.524. The Morgan fingerprint density at radius 1 is 1.10 bits per heavy atom. The molecule has 5 rings (SSSR count). The molecule has 0 spiro atoms. The van der Waals surface area contributed by atoms with Crippen molar-refractivity contribution in [1.82, 2.24) is 9.88 Å². The lowest BCUT2D eigenvalue weighted by Crippen LogP contribution is -2.43. The Balaban J connectivity index is 1.31. The summed E-state index contributed by atoms with van der Waals surface area (Å²) in [5, 5.41) is 12.7. The third-order valence-electron chi connectivity index (χ3n) is 8.86. The highest BCUT2D eigenvalue weighted by Crippen LogP contribution is 2.40. The molecule has 1 unspecified atom stereocenters. The largest absolute Gasteiger partial charge is 0.465 e. The minimum atomic E-state index is -0.894. The summed E-state index contributed by atoms with van der Waals surface area (Å²) in [5.74, 6) is 0.109. The minimum Gasteiger partial charge on any atom is -0.465 e. The van der Waals surface area contributed by atoms with E-state index in [-0.39, 0.29) is 23.4 Å². The average molecular weight is 527 g/mol. The lowest BCUT2D eigenvalue weighted by Gasteiger charge is -2.38. The van der Waals surface area contributed by atoms with E-state index in [2.05, 4.69) is 47.8 Å². The van der Waals surface area contributed by atoms with Crippen LogP contribution >= 0.6 is 0 Å². The fourth-order valence-corrected chi connectivity index (χ4v) is 6.07. The van der Waals surface area contributed by atoms with Gasteiger partial charge in [0, 0.05) is 42.2 Å². The van der Waals surface area contributed by atoms with Crippen LogP contribution in [0.25, 0.3) is 22.4 Å². The Hall–Kier alpha value is -3.71. The number of aromatic nitrogens is 1. The Morgan fingerprint density at radius 2 is 1.79 bits per heavy atom. The lowest BCUT2D eigenvalue weighted by atomic mass is 9.72. The van der Waals surface area contributed by atoms with Gasteiger partial charge in [-0.25, -0.2) is 4.79 Å². The Bertz CT molecular complexity index is 1280. The van der Waals surface area contributed by atoms with E-state index in [0.29, 0.717) is 6.54 Å². The predicted molar refractivity (Wildman–Crippen MR) is 154 cm³/mol. The topological polar surface area (TPSA) is 109 Å². The first-order chi connectivity index (χ1) is 18.9. The highest BCUT2D eigenvalue weighted by molar-refractivity contribution is 5.83. The number of amides is 1. The number of benzene rings is 2. The molecule has 0 aliphatic heterocycles. The molecule has 1 heterocycles. The maximum atomic E-state index is 12.0. The molecule has 4 N–H and O–H groups in total. The average Bonchev–Trinajstić information content (AvgIpc) is 2.96. The molecule has 7 heteroatoms. The summed E-state index contributed by atoms with van der Waals surface area (Å²) in [5.41, 5.74) is 12.5. The van der Waals surface area contributed by atoms with Gasteiger partial charge in [0.05, 0.1) is 17.6 Å². The molecule has 1 atom stereocenters. The predicted octanol–water partition coefficient (Wildman–Crippen LogP) is 6.15. The Kier molecular flexibility index (Phi) is 7.98. The Labute approximate surface area is 230 Å². The van der Waals surface area contributed by atoms with Crippen LogP contribution in [0, 0.1) is 11.8 Å². The van der Waals surface area contributed by atoms with Crippen molar-refractivity contribution in [2.24, 2.45) is 17.6 Å². The Morgan fingerprint density at radius 3 is 2.38 bits per heavy atom. The highest BCUT2D eigenvalue weighted by Gasteiger charge is 2.34. The SMILES string of the molecule is CN(C(=O)O)[C@H]1CC[C@H](C(C=O)CNc2cnc(-c3ccc(C4(N)CCC4)cc3)c(-c3ccccc3)c2)CC1. The van der Waals surface area contributed by atoms with E-state index in [9.17, 15) is 14.7 Å². The van der Waals surface area contributed by atoms with Gasteiger partial charge in [-0.15, -0.1) is 0 Å². The van der Waals surface area contributed by atoms with Crippen molar-refractivity contribution in [3.8, 4) is 22.4 Å². The molecule has 1 amide bonds. The second kappa shape index (κ2) is 11.6. The molecule has 2 fully saturated rings. The summed E-state index contributed by atoms with van der Waals surface area (Å²) in [7, 11) is 1.63. The standard InChI is InChI=1S/C32H38N4O3/c1-36(31(38)39)28-14-10-22(11-15-28)25(21-37)19-34-27-18-29(23-6-3-2-4-7-23)30(35-20-27)24-8-12-26(13-9-24)32(33)16-5-17-32/h2-4,6-9,12-13,18,20-22,25,28,34H,5,10-11,14-17,19,33H2,1H3,(H,38,39)/t22-,25?,28-. The van der Waals surface area contributed by atoms with Gasteiger partial charge in [0.25, 0.3) is 0 Å². The second-order valence-electron chi connectivity index (χ2n) is 11.2. The van der Waals surface area contributed by atoms with Crippen molar-refractivity contribution in [1.29, 1.82) is 0 Å². The summed E-state index contributed by atoms with van der Waals surface area (Å²) in [4.78, 5) is 29.6. The molecule has 204 valence electrons. The molecule has 3 aromatic rings. The number of hydrogen-bond donors (Lipinski definition) is 3. The smallest absolute Gasteiger partial charge is 0.407 e. The van der Waals surface area contributed by atoms with Crippen LogP contribution < -0.4 is 11.1 Å². The van der Waals surface area contributed by atoms with Gasteiger partial charge in [-0.05, 0) is 68.1 Å². The van der Waals surface area contributed by atoms with Crippen molar-refractivity contribution in [2.75, 3.05) is 18.9 Å². The van der Waals surface area contributed by atoms with E-state index < -0.39 is 6.09 Å². The van der Waals surface area contributed by atoms with Gasteiger partial charge in [-0.3, -0.25) is 4.98 Å². The first-order valence-electron chi connectivity index (χ1n) is 14.0. The second-order valence-corrected chi connectivity index (χ2v) is 11.2. The van der Waals surface area contributed by atoms with Crippen molar-refractivity contribution in [2.45, 2.75) is 56.5 Å². The molecule has 2 aromatic carbocycles. The van der Waals surface area contributed by atoms with Crippen LogP contribution in [-0.2, 0) is 10.3 Å². The first kappa shape index (κ1) is 26.9. The maximum Gasteiger partial charge on any atom is 0.407 e.